The van der Waals surface area contributed by atoms with E-state index in [-0.39, 0.29) is 10.6 Å². The molecule has 3 nitrogen and oxygen atoms in total. The van der Waals surface area contributed by atoms with Gasteiger partial charge in [0.2, 0.25) is 0 Å². The van der Waals surface area contributed by atoms with Gasteiger partial charge in [-0.1, -0.05) is 19.1 Å². The molecule has 0 saturated carbocycles. The number of aryl methyl sites for hydroxylation is 1. The maximum atomic E-state index is 10.6. The Kier molecular flexibility index (Phi) is 3.01. The summed E-state index contributed by atoms with van der Waals surface area (Å²) in [6, 6.07) is 5.13. The number of nitrogens with zero attached hydrogens (tertiary/aromatic N) is 1. The Morgan fingerprint density at radius 2 is 2.23 bits per heavy atom. The molecule has 0 saturated heterocycles. The smallest absolute Gasteiger partial charge is 0.258 e. The van der Waals surface area contributed by atoms with Crippen molar-refractivity contribution < 1.29 is 4.92 Å². The molecular formula is C10H12NO2. The average Bonchev–Trinajstić information content (AvgIpc) is 2.08. The normalized spacial score (nSPS) is 10.0. The lowest BCUT2D eigenvalue weighted by atomic mass is 10.0. The van der Waals surface area contributed by atoms with Crippen LogP contribution >= 0.6 is 0 Å². The third kappa shape index (κ3) is 2.05. The molecule has 1 rings (SSSR count). The first-order chi connectivity index (χ1) is 6.16. The van der Waals surface area contributed by atoms with Gasteiger partial charge < -0.3 is 0 Å². The highest BCUT2D eigenvalue weighted by molar-refractivity contribution is 5.45. The molecule has 0 heterocycles. The molecule has 3 heteroatoms. The number of nitro benzene ring substituents is 1. The fraction of sp³-hybridized carbons (Fsp3) is 0.300. The van der Waals surface area contributed by atoms with Crippen LogP contribution in [0.3, 0.4) is 0 Å². The average molecular weight is 178 g/mol. The summed E-state index contributed by atoms with van der Waals surface area (Å²) in [5, 5.41) is 10.6. The minimum absolute atomic E-state index is 0.212. The first-order valence-electron chi connectivity index (χ1n) is 4.19. The summed E-state index contributed by atoms with van der Waals surface area (Å²) in [7, 11) is 0. The molecule has 69 valence electrons. The van der Waals surface area contributed by atoms with Gasteiger partial charge in [-0.3, -0.25) is 10.1 Å². The highest BCUT2D eigenvalue weighted by Crippen LogP contribution is 2.22. The standard InChI is InChI=1S/C10H12NO2/c1-3-5-9-8(2)6-4-7-10(9)11(12)13/h4,6-7H,1,3,5H2,2H3. The Morgan fingerprint density at radius 1 is 1.54 bits per heavy atom. The minimum atomic E-state index is -0.335. The molecule has 0 spiro atoms. The highest BCUT2D eigenvalue weighted by Gasteiger charge is 2.13. The molecule has 1 aromatic rings. The molecule has 0 N–H and O–H groups in total. The quantitative estimate of drug-likeness (QED) is 0.527. The van der Waals surface area contributed by atoms with Crippen LogP contribution < -0.4 is 0 Å². The van der Waals surface area contributed by atoms with E-state index in [4.69, 9.17) is 0 Å². The van der Waals surface area contributed by atoms with E-state index in [1.165, 1.54) is 6.07 Å². The van der Waals surface area contributed by atoms with Gasteiger partial charge in [0, 0.05) is 11.6 Å². The van der Waals surface area contributed by atoms with Crippen molar-refractivity contribution in [2.24, 2.45) is 0 Å². The Labute approximate surface area is 77.5 Å². The van der Waals surface area contributed by atoms with E-state index in [1.54, 1.807) is 6.07 Å². The first kappa shape index (κ1) is 9.71. The van der Waals surface area contributed by atoms with E-state index in [2.05, 4.69) is 6.92 Å². The van der Waals surface area contributed by atoms with Crippen LogP contribution in [0.2, 0.25) is 0 Å². The number of hydrogen-bond acceptors (Lipinski definition) is 2. The lowest BCUT2D eigenvalue weighted by molar-refractivity contribution is -0.385. The van der Waals surface area contributed by atoms with Crippen molar-refractivity contribution >= 4 is 5.69 Å². The summed E-state index contributed by atoms with van der Waals surface area (Å²) >= 11 is 0. The molecular weight excluding hydrogens is 166 g/mol. The zero-order chi connectivity index (χ0) is 9.84. The topological polar surface area (TPSA) is 43.1 Å². The highest BCUT2D eigenvalue weighted by atomic mass is 16.6. The molecule has 0 aliphatic heterocycles. The van der Waals surface area contributed by atoms with Crippen LogP contribution in [0.5, 0.6) is 0 Å². The third-order valence-corrected chi connectivity index (χ3v) is 2.01. The Hall–Kier alpha value is -1.38. The number of benzene rings is 1. The summed E-state index contributed by atoms with van der Waals surface area (Å²) < 4.78 is 0. The van der Waals surface area contributed by atoms with E-state index in [0.717, 1.165) is 11.1 Å². The van der Waals surface area contributed by atoms with Crippen LogP contribution in [0, 0.1) is 24.0 Å². The molecule has 0 unspecified atom stereocenters. The Bertz CT molecular complexity index is 321. The fourth-order valence-corrected chi connectivity index (χ4v) is 1.36. The molecule has 0 fully saturated rings. The predicted octanol–water partition coefficient (Wildman–Crippen LogP) is 2.67. The van der Waals surface area contributed by atoms with Crippen molar-refractivity contribution in [3.63, 3.8) is 0 Å². The Balaban J connectivity index is 3.17. The lowest BCUT2D eigenvalue weighted by Gasteiger charge is -2.04. The molecule has 0 aliphatic rings. The molecule has 0 amide bonds. The summed E-state index contributed by atoms with van der Waals surface area (Å²) in [5.74, 6) is 0. The second kappa shape index (κ2) is 4.03. The third-order valence-electron chi connectivity index (χ3n) is 2.01. The Morgan fingerprint density at radius 3 is 2.77 bits per heavy atom. The van der Waals surface area contributed by atoms with Crippen molar-refractivity contribution in [1.29, 1.82) is 0 Å². The van der Waals surface area contributed by atoms with Crippen molar-refractivity contribution in [1.82, 2.24) is 0 Å². The zero-order valence-corrected chi connectivity index (χ0v) is 7.62. The number of nitro groups is 1. The van der Waals surface area contributed by atoms with Crippen LogP contribution in [-0.2, 0) is 6.42 Å². The van der Waals surface area contributed by atoms with Crippen molar-refractivity contribution in [2.75, 3.05) is 0 Å². The summed E-state index contributed by atoms with van der Waals surface area (Å²) in [5.41, 5.74) is 1.99. The van der Waals surface area contributed by atoms with Gasteiger partial charge in [-0.2, -0.15) is 0 Å². The van der Waals surface area contributed by atoms with Gasteiger partial charge in [0.25, 0.3) is 5.69 Å². The largest absolute Gasteiger partial charge is 0.272 e. The van der Waals surface area contributed by atoms with Gasteiger partial charge >= 0.3 is 0 Å². The molecule has 13 heavy (non-hydrogen) atoms. The van der Waals surface area contributed by atoms with Gasteiger partial charge in [-0.25, -0.2) is 0 Å². The van der Waals surface area contributed by atoms with E-state index < -0.39 is 0 Å². The van der Waals surface area contributed by atoms with Crippen LogP contribution in [0.25, 0.3) is 0 Å². The van der Waals surface area contributed by atoms with E-state index in [0.29, 0.717) is 12.8 Å². The van der Waals surface area contributed by atoms with E-state index in [9.17, 15) is 10.1 Å². The number of rotatable bonds is 3. The van der Waals surface area contributed by atoms with E-state index >= 15 is 0 Å². The van der Waals surface area contributed by atoms with Crippen molar-refractivity contribution in [3.05, 3.63) is 46.4 Å². The molecule has 1 radical (unpaired) electrons. The van der Waals surface area contributed by atoms with Crippen LogP contribution in [0.4, 0.5) is 5.69 Å². The van der Waals surface area contributed by atoms with Crippen LogP contribution in [0.1, 0.15) is 17.5 Å². The molecule has 0 aliphatic carbocycles. The lowest BCUT2D eigenvalue weighted by Crippen LogP contribution is -1.97. The predicted molar refractivity (Wildman–Crippen MR) is 51.5 cm³/mol. The van der Waals surface area contributed by atoms with Gasteiger partial charge in [0.1, 0.15) is 0 Å². The summed E-state index contributed by atoms with van der Waals surface area (Å²) in [6.45, 7) is 5.59. The molecule has 0 aromatic heterocycles. The second-order valence-corrected chi connectivity index (χ2v) is 2.93. The second-order valence-electron chi connectivity index (χ2n) is 2.93. The monoisotopic (exact) mass is 178 g/mol. The molecule has 1 aromatic carbocycles. The summed E-state index contributed by atoms with van der Waals surface area (Å²) in [4.78, 5) is 10.3. The maximum absolute atomic E-state index is 10.6. The van der Waals surface area contributed by atoms with Gasteiger partial charge in [0.05, 0.1) is 4.92 Å². The van der Waals surface area contributed by atoms with Gasteiger partial charge in [-0.15, -0.1) is 0 Å². The molecule has 0 atom stereocenters. The van der Waals surface area contributed by atoms with Crippen molar-refractivity contribution in [3.8, 4) is 0 Å². The van der Waals surface area contributed by atoms with Crippen LogP contribution in [0.15, 0.2) is 18.2 Å². The first-order valence-corrected chi connectivity index (χ1v) is 4.19. The summed E-state index contributed by atoms with van der Waals surface area (Å²) in [6.07, 6.45) is 1.36. The van der Waals surface area contributed by atoms with Gasteiger partial charge in [0.15, 0.2) is 0 Å². The maximum Gasteiger partial charge on any atom is 0.272 e. The van der Waals surface area contributed by atoms with Gasteiger partial charge in [-0.05, 0) is 25.3 Å². The van der Waals surface area contributed by atoms with E-state index in [1.807, 2.05) is 13.0 Å². The number of hydrogen-bond donors (Lipinski definition) is 0. The van der Waals surface area contributed by atoms with Crippen LogP contribution in [-0.4, -0.2) is 4.92 Å². The molecule has 0 bridgehead atoms. The minimum Gasteiger partial charge on any atom is -0.258 e. The fourth-order valence-electron chi connectivity index (χ4n) is 1.36. The zero-order valence-electron chi connectivity index (χ0n) is 7.62. The SMILES string of the molecule is [CH2]CCc1c(C)cccc1[N+](=O)[O-]. The van der Waals surface area contributed by atoms with Crippen molar-refractivity contribution in [2.45, 2.75) is 19.8 Å².